The summed E-state index contributed by atoms with van der Waals surface area (Å²) in [7, 11) is 0. The van der Waals surface area contributed by atoms with Gasteiger partial charge in [-0.15, -0.1) is 0 Å². The van der Waals surface area contributed by atoms with Gasteiger partial charge in [0.2, 0.25) is 0 Å². The SMILES string of the molecule is CC(CCCCCCCCCCCCCCCCC(=O)O)C(=O)O. The standard InChI is InChI=1S/C20H38O4/c1-18(20(23)24)16-14-12-10-8-6-4-2-3-5-7-9-11-13-15-17-19(21)22/h18H,2-17H2,1H3,(H,21,22)(H,23,24). The zero-order valence-electron chi connectivity index (χ0n) is 15.6. The summed E-state index contributed by atoms with van der Waals surface area (Å²) in [6.45, 7) is 1.79. The van der Waals surface area contributed by atoms with E-state index in [1.807, 2.05) is 0 Å². The highest BCUT2D eigenvalue weighted by Crippen LogP contribution is 2.15. The van der Waals surface area contributed by atoms with E-state index in [9.17, 15) is 9.59 Å². The average molecular weight is 343 g/mol. The molecule has 0 aromatic carbocycles. The predicted molar refractivity (Wildman–Crippen MR) is 98.3 cm³/mol. The third-order valence-corrected chi connectivity index (χ3v) is 4.70. The van der Waals surface area contributed by atoms with Crippen molar-refractivity contribution in [1.82, 2.24) is 0 Å². The third kappa shape index (κ3) is 17.3. The van der Waals surface area contributed by atoms with Crippen LogP contribution < -0.4 is 0 Å². The average Bonchev–Trinajstić information content (AvgIpc) is 2.53. The maximum atomic E-state index is 10.7. The number of carbonyl (C=O) groups is 2. The van der Waals surface area contributed by atoms with Crippen molar-refractivity contribution in [2.24, 2.45) is 5.92 Å². The van der Waals surface area contributed by atoms with Gasteiger partial charge in [0, 0.05) is 6.42 Å². The Balaban J connectivity index is 3.08. The largest absolute Gasteiger partial charge is 0.481 e. The Labute approximate surface area is 148 Å². The van der Waals surface area contributed by atoms with Crippen LogP contribution in [0, 0.1) is 5.92 Å². The second-order valence-corrected chi connectivity index (χ2v) is 7.12. The van der Waals surface area contributed by atoms with Crippen LogP contribution in [0.25, 0.3) is 0 Å². The Hall–Kier alpha value is -1.06. The Kier molecular flexibility index (Phi) is 16.0. The van der Waals surface area contributed by atoms with Crippen LogP contribution in [0.1, 0.15) is 110 Å². The first-order chi connectivity index (χ1) is 11.5. The van der Waals surface area contributed by atoms with E-state index >= 15 is 0 Å². The van der Waals surface area contributed by atoms with Crippen molar-refractivity contribution < 1.29 is 19.8 Å². The maximum Gasteiger partial charge on any atom is 0.306 e. The molecule has 0 rings (SSSR count). The van der Waals surface area contributed by atoms with Crippen molar-refractivity contribution in [3.8, 4) is 0 Å². The first-order valence-electron chi connectivity index (χ1n) is 9.98. The third-order valence-electron chi connectivity index (χ3n) is 4.70. The van der Waals surface area contributed by atoms with Crippen molar-refractivity contribution in [2.75, 3.05) is 0 Å². The molecule has 0 aliphatic heterocycles. The van der Waals surface area contributed by atoms with Crippen LogP contribution in [-0.2, 0) is 9.59 Å². The smallest absolute Gasteiger partial charge is 0.306 e. The molecule has 0 aliphatic rings. The molecule has 0 radical (unpaired) electrons. The fourth-order valence-electron chi connectivity index (χ4n) is 2.97. The molecule has 0 aromatic rings. The minimum Gasteiger partial charge on any atom is -0.481 e. The molecule has 0 bridgehead atoms. The summed E-state index contributed by atoms with van der Waals surface area (Å²) in [6, 6.07) is 0. The lowest BCUT2D eigenvalue weighted by molar-refractivity contribution is -0.141. The Morgan fingerprint density at radius 2 is 0.958 bits per heavy atom. The Morgan fingerprint density at radius 1 is 0.625 bits per heavy atom. The summed E-state index contributed by atoms with van der Waals surface area (Å²) >= 11 is 0. The highest BCUT2D eigenvalue weighted by Gasteiger charge is 2.09. The highest BCUT2D eigenvalue weighted by molar-refractivity contribution is 5.69. The molecule has 0 saturated carbocycles. The fraction of sp³-hybridized carbons (Fsp3) is 0.900. The van der Waals surface area contributed by atoms with Gasteiger partial charge in [-0.1, -0.05) is 90.4 Å². The molecule has 0 aromatic heterocycles. The van der Waals surface area contributed by atoms with E-state index in [-0.39, 0.29) is 5.92 Å². The van der Waals surface area contributed by atoms with Crippen LogP contribution in [0.3, 0.4) is 0 Å². The van der Waals surface area contributed by atoms with Crippen molar-refractivity contribution >= 4 is 11.9 Å². The quantitative estimate of drug-likeness (QED) is 0.298. The van der Waals surface area contributed by atoms with Gasteiger partial charge in [-0.3, -0.25) is 9.59 Å². The molecule has 1 atom stereocenters. The van der Waals surface area contributed by atoms with Crippen molar-refractivity contribution in [1.29, 1.82) is 0 Å². The zero-order chi connectivity index (χ0) is 18.0. The van der Waals surface area contributed by atoms with E-state index in [1.54, 1.807) is 6.92 Å². The number of hydrogen-bond acceptors (Lipinski definition) is 2. The molecular formula is C20H38O4. The molecule has 0 aliphatic carbocycles. The van der Waals surface area contributed by atoms with Crippen molar-refractivity contribution in [2.45, 2.75) is 110 Å². The lowest BCUT2D eigenvalue weighted by Crippen LogP contribution is -2.08. The zero-order valence-corrected chi connectivity index (χ0v) is 15.6. The van der Waals surface area contributed by atoms with Gasteiger partial charge in [0.05, 0.1) is 5.92 Å². The van der Waals surface area contributed by atoms with Crippen LogP contribution in [0.15, 0.2) is 0 Å². The van der Waals surface area contributed by atoms with Crippen LogP contribution >= 0.6 is 0 Å². The summed E-state index contributed by atoms with van der Waals surface area (Å²) in [4.78, 5) is 21.0. The molecule has 0 amide bonds. The van der Waals surface area contributed by atoms with Gasteiger partial charge in [0.25, 0.3) is 0 Å². The van der Waals surface area contributed by atoms with E-state index in [0.29, 0.717) is 6.42 Å². The van der Waals surface area contributed by atoms with Crippen LogP contribution in [0.4, 0.5) is 0 Å². The predicted octanol–water partition coefficient (Wildman–Crippen LogP) is 6.03. The second kappa shape index (κ2) is 16.8. The van der Waals surface area contributed by atoms with Gasteiger partial charge >= 0.3 is 11.9 Å². The van der Waals surface area contributed by atoms with Crippen molar-refractivity contribution in [3.63, 3.8) is 0 Å². The lowest BCUT2D eigenvalue weighted by atomic mass is 10.0. The molecule has 0 fully saturated rings. The topological polar surface area (TPSA) is 74.6 Å². The number of carboxylic acids is 2. The van der Waals surface area contributed by atoms with Crippen LogP contribution in [0.2, 0.25) is 0 Å². The summed E-state index contributed by atoms with van der Waals surface area (Å²) in [6.07, 6.45) is 18.0. The molecule has 2 N–H and O–H groups in total. The lowest BCUT2D eigenvalue weighted by Gasteiger charge is -2.05. The number of aliphatic carboxylic acids is 2. The fourth-order valence-corrected chi connectivity index (χ4v) is 2.97. The molecule has 142 valence electrons. The first-order valence-corrected chi connectivity index (χ1v) is 9.98. The van der Waals surface area contributed by atoms with Gasteiger partial charge < -0.3 is 10.2 Å². The van der Waals surface area contributed by atoms with E-state index < -0.39 is 11.9 Å². The van der Waals surface area contributed by atoms with E-state index in [1.165, 1.54) is 70.6 Å². The van der Waals surface area contributed by atoms with Gasteiger partial charge in [-0.05, 0) is 12.8 Å². The molecule has 0 spiro atoms. The number of hydrogen-bond donors (Lipinski definition) is 2. The summed E-state index contributed by atoms with van der Waals surface area (Å²) in [5.74, 6) is -1.54. The second-order valence-electron chi connectivity index (χ2n) is 7.12. The maximum absolute atomic E-state index is 10.7. The van der Waals surface area contributed by atoms with E-state index in [2.05, 4.69) is 0 Å². The molecule has 1 unspecified atom stereocenters. The normalized spacial score (nSPS) is 12.2. The number of carboxylic acid groups (broad SMARTS) is 2. The number of rotatable bonds is 18. The molecule has 4 nitrogen and oxygen atoms in total. The minimum atomic E-state index is -0.676. The summed E-state index contributed by atoms with van der Waals surface area (Å²) < 4.78 is 0. The molecule has 24 heavy (non-hydrogen) atoms. The Morgan fingerprint density at radius 3 is 1.29 bits per heavy atom. The van der Waals surface area contributed by atoms with Gasteiger partial charge in [0.1, 0.15) is 0 Å². The van der Waals surface area contributed by atoms with E-state index in [4.69, 9.17) is 10.2 Å². The minimum absolute atomic E-state index is 0.192. The molecule has 0 saturated heterocycles. The Bertz CT molecular complexity index is 315. The highest BCUT2D eigenvalue weighted by atomic mass is 16.4. The summed E-state index contributed by atoms with van der Waals surface area (Å²) in [5, 5.41) is 17.3. The van der Waals surface area contributed by atoms with E-state index in [0.717, 1.165) is 25.7 Å². The van der Waals surface area contributed by atoms with Crippen molar-refractivity contribution in [3.05, 3.63) is 0 Å². The van der Waals surface area contributed by atoms with Gasteiger partial charge in [0.15, 0.2) is 0 Å². The van der Waals surface area contributed by atoms with Gasteiger partial charge in [-0.25, -0.2) is 0 Å². The van der Waals surface area contributed by atoms with Gasteiger partial charge in [-0.2, -0.15) is 0 Å². The van der Waals surface area contributed by atoms with Crippen LogP contribution in [-0.4, -0.2) is 22.2 Å². The van der Waals surface area contributed by atoms with Crippen LogP contribution in [0.5, 0.6) is 0 Å². The monoisotopic (exact) mass is 342 g/mol. The molecule has 4 heteroatoms. The molecular weight excluding hydrogens is 304 g/mol. The number of unbranched alkanes of at least 4 members (excludes halogenated alkanes) is 13. The summed E-state index contributed by atoms with van der Waals surface area (Å²) in [5.41, 5.74) is 0. The molecule has 0 heterocycles. The first kappa shape index (κ1) is 22.9.